The highest BCUT2D eigenvalue weighted by molar-refractivity contribution is 9.10. The lowest BCUT2D eigenvalue weighted by molar-refractivity contribution is 0.617. The first-order chi connectivity index (χ1) is 6.49. The van der Waals surface area contributed by atoms with E-state index in [4.69, 9.17) is 5.73 Å². The largest absolute Gasteiger partial charge is 0.324 e. The molecule has 2 N–H and O–H groups in total. The Balaban J connectivity index is 2.89. The van der Waals surface area contributed by atoms with Crippen LogP contribution in [0.3, 0.4) is 0 Å². The van der Waals surface area contributed by atoms with Crippen molar-refractivity contribution in [3.8, 4) is 0 Å². The maximum absolute atomic E-state index is 13.0. The zero-order valence-corrected chi connectivity index (χ0v) is 9.64. The lowest BCUT2D eigenvalue weighted by Crippen LogP contribution is -2.10. The van der Waals surface area contributed by atoms with Crippen LogP contribution >= 0.6 is 15.9 Å². The first-order valence-corrected chi connectivity index (χ1v) is 5.14. The Morgan fingerprint density at radius 1 is 1.57 bits per heavy atom. The highest BCUT2D eigenvalue weighted by Crippen LogP contribution is 2.22. The van der Waals surface area contributed by atoms with Crippen LogP contribution in [0.4, 0.5) is 4.39 Å². The lowest BCUT2D eigenvalue weighted by atomic mass is 10.0. The number of hydrogen-bond donors (Lipinski definition) is 1. The molecule has 0 bridgehead atoms. The molecule has 0 saturated carbocycles. The van der Waals surface area contributed by atoms with Crippen molar-refractivity contribution in [1.29, 1.82) is 0 Å². The molecule has 0 unspecified atom stereocenters. The monoisotopic (exact) mass is 257 g/mol. The van der Waals surface area contributed by atoms with Crippen molar-refractivity contribution in [3.05, 3.63) is 46.2 Å². The molecule has 0 radical (unpaired) electrons. The fourth-order valence-corrected chi connectivity index (χ4v) is 1.77. The minimum absolute atomic E-state index is 0.181. The van der Waals surface area contributed by atoms with Crippen molar-refractivity contribution in [3.63, 3.8) is 0 Å². The Morgan fingerprint density at radius 2 is 2.21 bits per heavy atom. The fraction of sp³-hybridized carbons (Fsp3) is 0.273. The van der Waals surface area contributed by atoms with Gasteiger partial charge in [0.1, 0.15) is 5.82 Å². The molecule has 0 amide bonds. The van der Waals surface area contributed by atoms with Crippen molar-refractivity contribution in [2.24, 2.45) is 5.73 Å². The van der Waals surface area contributed by atoms with Gasteiger partial charge in [-0.15, -0.1) is 6.58 Å². The van der Waals surface area contributed by atoms with E-state index in [0.717, 1.165) is 11.1 Å². The van der Waals surface area contributed by atoms with E-state index in [9.17, 15) is 4.39 Å². The predicted molar refractivity (Wildman–Crippen MR) is 60.5 cm³/mol. The van der Waals surface area contributed by atoms with Crippen molar-refractivity contribution >= 4 is 15.9 Å². The third-order valence-electron chi connectivity index (χ3n) is 1.88. The smallest absolute Gasteiger partial charge is 0.124 e. The van der Waals surface area contributed by atoms with Gasteiger partial charge in [0.2, 0.25) is 0 Å². The number of benzene rings is 1. The molecule has 14 heavy (non-hydrogen) atoms. The molecule has 76 valence electrons. The van der Waals surface area contributed by atoms with Crippen LogP contribution < -0.4 is 5.73 Å². The molecule has 0 fully saturated rings. The number of nitrogens with two attached hydrogens (primary N) is 1. The van der Waals surface area contributed by atoms with Gasteiger partial charge >= 0.3 is 0 Å². The minimum atomic E-state index is -0.272. The molecule has 0 spiro atoms. The van der Waals surface area contributed by atoms with Gasteiger partial charge in [-0.3, -0.25) is 0 Å². The first kappa shape index (κ1) is 11.4. The van der Waals surface area contributed by atoms with Crippen LogP contribution in [-0.2, 0) is 0 Å². The fourth-order valence-electron chi connectivity index (χ4n) is 1.28. The van der Waals surface area contributed by atoms with E-state index in [2.05, 4.69) is 22.5 Å². The van der Waals surface area contributed by atoms with Gasteiger partial charge in [0.05, 0.1) is 0 Å². The van der Waals surface area contributed by atoms with Crippen LogP contribution in [0.25, 0.3) is 0 Å². The van der Waals surface area contributed by atoms with E-state index in [-0.39, 0.29) is 11.9 Å². The van der Waals surface area contributed by atoms with Crippen molar-refractivity contribution in [1.82, 2.24) is 0 Å². The molecule has 3 heteroatoms. The van der Waals surface area contributed by atoms with Gasteiger partial charge in [-0.2, -0.15) is 0 Å². The second-order valence-electron chi connectivity index (χ2n) is 3.47. The average Bonchev–Trinajstić information content (AvgIpc) is 2.00. The molecule has 0 saturated heterocycles. The van der Waals surface area contributed by atoms with E-state index >= 15 is 0 Å². The average molecular weight is 258 g/mol. The minimum Gasteiger partial charge on any atom is -0.324 e. The highest BCUT2D eigenvalue weighted by Gasteiger charge is 2.08. The van der Waals surface area contributed by atoms with Gasteiger partial charge in [0.25, 0.3) is 0 Å². The lowest BCUT2D eigenvalue weighted by Gasteiger charge is -2.12. The summed E-state index contributed by atoms with van der Waals surface area (Å²) in [6, 6.07) is 4.52. The van der Waals surface area contributed by atoms with Crippen LogP contribution in [0.1, 0.15) is 24.9 Å². The Labute approximate surface area is 91.9 Å². The Hall–Kier alpha value is -0.670. The summed E-state index contributed by atoms with van der Waals surface area (Å²) in [5, 5.41) is 0. The SMILES string of the molecule is C=C(C)C[C@@H](N)c1cc(F)cc(Br)c1. The number of rotatable bonds is 3. The van der Waals surface area contributed by atoms with Crippen LogP contribution in [0.15, 0.2) is 34.8 Å². The second kappa shape index (κ2) is 4.71. The van der Waals surface area contributed by atoms with Gasteiger partial charge in [0.15, 0.2) is 0 Å². The van der Waals surface area contributed by atoms with Crippen LogP contribution in [0.2, 0.25) is 0 Å². The first-order valence-electron chi connectivity index (χ1n) is 4.35. The van der Waals surface area contributed by atoms with Crippen LogP contribution in [0.5, 0.6) is 0 Å². The molecule has 1 atom stereocenters. The molecular formula is C11H13BrFN. The van der Waals surface area contributed by atoms with E-state index in [0.29, 0.717) is 10.9 Å². The summed E-state index contributed by atoms with van der Waals surface area (Å²) in [6.45, 7) is 5.69. The van der Waals surface area contributed by atoms with Crippen molar-refractivity contribution < 1.29 is 4.39 Å². The summed E-state index contributed by atoms with van der Waals surface area (Å²) in [6.07, 6.45) is 0.676. The van der Waals surface area contributed by atoms with Gasteiger partial charge < -0.3 is 5.73 Å². The summed E-state index contributed by atoms with van der Waals surface area (Å²) in [7, 11) is 0. The van der Waals surface area contributed by atoms with Gasteiger partial charge in [-0.25, -0.2) is 4.39 Å². The Bertz CT molecular complexity index is 329. The molecule has 1 nitrogen and oxygen atoms in total. The van der Waals surface area contributed by atoms with Crippen LogP contribution in [0, 0.1) is 5.82 Å². The molecule has 1 aromatic rings. The standard InChI is InChI=1S/C11H13BrFN/c1-7(2)3-11(14)8-4-9(12)6-10(13)5-8/h4-6,11H,1,3,14H2,2H3/t11-/m1/s1. The number of hydrogen-bond acceptors (Lipinski definition) is 1. The second-order valence-corrected chi connectivity index (χ2v) is 4.39. The molecule has 1 rings (SSSR count). The molecular weight excluding hydrogens is 245 g/mol. The van der Waals surface area contributed by atoms with Gasteiger partial charge in [-0.05, 0) is 37.1 Å². The summed E-state index contributed by atoms with van der Waals surface area (Å²) in [5.74, 6) is -0.272. The maximum atomic E-state index is 13.0. The normalized spacial score (nSPS) is 12.6. The maximum Gasteiger partial charge on any atom is 0.124 e. The molecule has 0 aliphatic rings. The Morgan fingerprint density at radius 3 is 2.71 bits per heavy atom. The van der Waals surface area contributed by atoms with E-state index in [1.807, 2.05) is 13.0 Å². The highest BCUT2D eigenvalue weighted by atomic mass is 79.9. The third kappa shape index (κ3) is 3.24. The van der Waals surface area contributed by atoms with Gasteiger partial charge in [-0.1, -0.05) is 21.5 Å². The topological polar surface area (TPSA) is 26.0 Å². The Kier molecular flexibility index (Phi) is 3.84. The summed E-state index contributed by atoms with van der Waals surface area (Å²) < 4.78 is 13.7. The molecule has 0 aliphatic carbocycles. The van der Waals surface area contributed by atoms with E-state index in [1.165, 1.54) is 12.1 Å². The van der Waals surface area contributed by atoms with Gasteiger partial charge in [0, 0.05) is 10.5 Å². The summed E-state index contributed by atoms with van der Waals surface area (Å²) >= 11 is 3.23. The predicted octanol–water partition coefficient (Wildman–Crippen LogP) is 3.55. The third-order valence-corrected chi connectivity index (χ3v) is 2.34. The zero-order valence-electron chi connectivity index (χ0n) is 8.06. The van der Waals surface area contributed by atoms with Crippen molar-refractivity contribution in [2.75, 3.05) is 0 Å². The summed E-state index contributed by atoms with van der Waals surface area (Å²) in [4.78, 5) is 0. The zero-order chi connectivity index (χ0) is 10.7. The molecule has 0 aromatic heterocycles. The number of halogens is 2. The van der Waals surface area contributed by atoms with Crippen molar-refractivity contribution in [2.45, 2.75) is 19.4 Å². The summed E-state index contributed by atoms with van der Waals surface area (Å²) in [5.41, 5.74) is 7.67. The molecule has 0 aliphatic heterocycles. The molecule has 0 heterocycles. The van der Waals surface area contributed by atoms with E-state index < -0.39 is 0 Å². The quantitative estimate of drug-likeness (QED) is 0.824. The molecule has 1 aromatic carbocycles. The van der Waals surface area contributed by atoms with Crippen LogP contribution in [-0.4, -0.2) is 0 Å². The van der Waals surface area contributed by atoms with E-state index in [1.54, 1.807) is 0 Å².